The zero-order valence-corrected chi connectivity index (χ0v) is 12.5. The number of hydrogen-bond acceptors (Lipinski definition) is 4. The van der Waals surface area contributed by atoms with Gasteiger partial charge in [-0.2, -0.15) is 4.98 Å². The van der Waals surface area contributed by atoms with Gasteiger partial charge in [-0.3, -0.25) is 10.2 Å². The third kappa shape index (κ3) is 6.59. The van der Waals surface area contributed by atoms with Crippen LogP contribution < -0.4 is 11.3 Å². The predicted octanol–water partition coefficient (Wildman–Crippen LogP) is 1.74. The van der Waals surface area contributed by atoms with Gasteiger partial charge in [0.15, 0.2) is 0 Å². The minimum Gasteiger partial charge on any atom is -0.493 e. The summed E-state index contributed by atoms with van der Waals surface area (Å²) in [5.41, 5.74) is 4.44. The number of aromatic hydroxyl groups is 1. The summed E-state index contributed by atoms with van der Waals surface area (Å²) in [7, 11) is 0. The topological polar surface area (TPSA) is 116 Å². The van der Waals surface area contributed by atoms with Crippen LogP contribution in [0.3, 0.4) is 0 Å². The molecule has 6 nitrogen and oxygen atoms in total. The van der Waals surface area contributed by atoms with Crippen molar-refractivity contribution in [1.82, 2.24) is 9.97 Å². The van der Waals surface area contributed by atoms with Crippen molar-refractivity contribution in [2.75, 3.05) is 0 Å². The van der Waals surface area contributed by atoms with E-state index >= 15 is 0 Å². The van der Waals surface area contributed by atoms with Gasteiger partial charge in [0.1, 0.15) is 5.82 Å². The van der Waals surface area contributed by atoms with E-state index in [0.717, 1.165) is 6.07 Å². The van der Waals surface area contributed by atoms with E-state index in [1.165, 1.54) is 0 Å². The molecule has 0 saturated heterocycles. The zero-order valence-electron chi connectivity index (χ0n) is 12.5. The van der Waals surface area contributed by atoms with Gasteiger partial charge in [-0.25, -0.2) is 0 Å². The van der Waals surface area contributed by atoms with Crippen LogP contribution in [0.5, 0.6) is 5.88 Å². The van der Waals surface area contributed by atoms with E-state index in [1.54, 1.807) is 0 Å². The van der Waals surface area contributed by atoms with Gasteiger partial charge in [-0.15, -0.1) is 0 Å². The summed E-state index contributed by atoms with van der Waals surface area (Å²) < 4.78 is 0. The third-order valence-electron chi connectivity index (χ3n) is 2.25. The molecule has 1 heterocycles. The Hall–Kier alpha value is -1.85. The summed E-state index contributed by atoms with van der Waals surface area (Å²) in [6.45, 7) is 11.5. The van der Waals surface area contributed by atoms with Gasteiger partial charge in [0, 0.05) is 10.8 Å². The smallest absolute Gasteiger partial charge is 0.254 e. The van der Waals surface area contributed by atoms with E-state index in [4.69, 9.17) is 16.2 Å². The van der Waals surface area contributed by atoms with Crippen molar-refractivity contribution >= 4 is 5.84 Å². The first-order valence-corrected chi connectivity index (χ1v) is 5.99. The van der Waals surface area contributed by atoms with Gasteiger partial charge in [0.2, 0.25) is 5.88 Å². The molecule has 0 aliphatic carbocycles. The number of aromatic nitrogens is 2. The number of aromatic amines is 1. The number of nitrogens with two attached hydrogens (primary N) is 1. The Bertz CT molecular complexity index is 493. The maximum absolute atomic E-state index is 10.9. The Morgan fingerprint density at radius 2 is 1.74 bits per heavy atom. The minimum atomic E-state index is -0.326. The molecule has 19 heavy (non-hydrogen) atoms. The summed E-state index contributed by atoms with van der Waals surface area (Å²) in [6, 6.07) is 1.05. The normalized spacial score (nSPS) is 11.5. The molecule has 0 bridgehead atoms. The lowest BCUT2D eigenvalue weighted by molar-refractivity contribution is 0.434. The van der Waals surface area contributed by atoms with E-state index < -0.39 is 0 Å². The molecule has 0 fully saturated rings. The van der Waals surface area contributed by atoms with Crippen LogP contribution in [0.2, 0.25) is 0 Å². The van der Waals surface area contributed by atoms with Crippen molar-refractivity contribution in [1.29, 1.82) is 5.41 Å². The highest BCUT2D eigenvalue weighted by atomic mass is 16.3. The van der Waals surface area contributed by atoms with Crippen LogP contribution in [0.1, 0.15) is 47.4 Å². The van der Waals surface area contributed by atoms with Crippen LogP contribution in [0, 0.1) is 10.8 Å². The highest BCUT2D eigenvalue weighted by Gasteiger charge is 2.17. The fourth-order valence-electron chi connectivity index (χ4n) is 0.800. The fourth-order valence-corrected chi connectivity index (χ4v) is 0.800. The third-order valence-corrected chi connectivity index (χ3v) is 2.25. The molecule has 0 amide bonds. The molecule has 1 aromatic rings. The lowest BCUT2D eigenvalue weighted by Crippen LogP contribution is -2.27. The van der Waals surface area contributed by atoms with Gasteiger partial charge in [-0.05, 0) is 0 Å². The van der Waals surface area contributed by atoms with Crippen LogP contribution in [-0.4, -0.2) is 20.9 Å². The van der Waals surface area contributed by atoms with E-state index in [1.807, 2.05) is 41.5 Å². The molecule has 0 unspecified atom stereocenters. The Morgan fingerprint density at radius 1 is 1.32 bits per heavy atom. The first-order valence-electron chi connectivity index (χ1n) is 5.99. The largest absolute Gasteiger partial charge is 0.493 e. The van der Waals surface area contributed by atoms with Crippen molar-refractivity contribution < 1.29 is 5.11 Å². The molecule has 1 aromatic heterocycles. The molecule has 0 aliphatic rings. The summed E-state index contributed by atoms with van der Waals surface area (Å²) >= 11 is 0. The molecule has 108 valence electrons. The minimum absolute atomic E-state index is 0.139. The van der Waals surface area contributed by atoms with Gasteiger partial charge >= 0.3 is 0 Å². The van der Waals surface area contributed by atoms with Gasteiger partial charge in [0.05, 0.1) is 11.9 Å². The number of rotatable bonds is 0. The number of hydrogen-bond donors (Lipinski definition) is 4. The van der Waals surface area contributed by atoms with Crippen molar-refractivity contribution in [2.24, 2.45) is 11.1 Å². The molecule has 6 heteroatoms. The highest BCUT2D eigenvalue weighted by Crippen LogP contribution is 2.17. The Labute approximate surface area is 113 Å². The number of H-pyrrole nitrogens is 1. The molecular weight excluding hydrogens is 244 g/mol. The first kappa shape index (κ1) is 17.2. The SMILES string of the molecule is CC(C)(C)C(=N)N.CC(C)(C)c1nc(O)cc(=O)[nH]1. The van der Waals surface area contributed by atoms with Crippen molar-refractivity contribution in [3.63, 3.8) is 0 Å². The molecular formula is C13H24N4O2. The molecule has 5 N–H and O–H groups in total. The molecule has 0 atom stereocenters. The second-order valence-corrected chi connectivity index (χ2v) is 6.37. The van der Waals surface area contributed by atoms with Crippen LogP contribution in [-0.2, 0) is 5.41 Å². The number of nitrogens with one attached hydrogen (secondary N) is 2. The van der Waals surface area contributed by atoms with Crippen LogP contribution in [0.15, 0.2) is 10.9 Å². The zero-order chi connectivity index (χ0) is 15.4. The molecule has 0 aliphatic heterocycles. The van der Waals surface area contributed by atoms with Crippen LogP contribution in [0.4, 0.5) is 0 Å². The maximum atomic E-state index is 10.9. The quantitative estimate of drug-likeness (QED) is 0.423. The van der Waals surface area contributed by atoms with Crippen molar-refractivity contribution in [3.05, 3.63) is 22.2 Å². The average molecular weight is 268 g/mol. The number of amidine groups is 1. The van der Waals surface area contributed by atoms with Crippen LogP contribution >= 0.6 is 0 Å². The monoisotopic (exact) mass is 268 g/mol. The lowest BCUT2D eigenvalue weighted by atomic mass is 9.96. The standard InChI is InChI=1S/C8H12N2O2.C5H12N2/c1-8(2,3)7-9-5(11)4-6(12)10-7;1-5(2,3)4(6)7/h4H,1-3H3,(H2,9,10,11,12);1-3H3,(H3,6,7). The molecule has 1 rings (SSSR count). The second-order valence-electron chi connectivity index (χ2n) is 6.37. The Balaban J connectivity index is 0.000000399. The van der Waals surface area contributed by atoms with Gasteiger partial charge in [-0.1, -0.05) is 41.5 Å². The molecule has 0 radical (unpaired) electrons. The van der Waals surface area contributed by atoms with Crippen LogP contribution in [0.25, 0.3) is 0 Å². The van der Waals surface area contributed by atoms with E-state index in [9.17, 15) is 4.79 Å². The fraction of sp³-hybridized carbons (Fsp3) is 0.615. The maximum Gasteiger partial charge on any atom is 0.254 e. The highest BCUT2D eigenvalue weighted by molar-refractivity contribution is 5.82. The lowest BCUT2D eigenvalue weighted by Gasteiger charge is -2.16. The Morgan fingerprint density at radius 3 is 2.00 bits per heavy atom. The second kappa shape index (κ2) is 5.86. The van der Waals surface area contributed by atoms with E-state index in [2.05, 4.69) is 9.97 Å². The molecule has 0 spiro atoms. The van der Waals surface area contributed by atoms with E-state index in [-0.39, 0.29) is 28.1 Å². The van der Waals surface area contributed by atoms with Crippen molar-refractivity contribution in [2.45, 2.75) is 47.0 Å². The van der Waals surface area contributed by atoms with Gasteiger partial charge < -0.3 is 15.8 Å². The van der Waals surface area contributed by atoms with Gasteiger partial charge in [0.25, 0.3) is 5.56 Å². The summed E-state index contributed by atoms with van der Waals surface area (Å²) in [5, 5.41) is 15.9. The molecule has 0 aromatic carbocycles. The molecule has 0 saturated carbocycles. The van der Waals surface area contributed by atoms with Crippen molar-refractivity contribution in [3.8, 4) is 5.88 Å². The number of nitrogens with zero attached hydrogens (tertiary/aromatic N) is 1. The summed E-state index contributed by atoms with van der Waals surface area (Å²) in [4.78, 5) is 17.3. The summed E-state index contributed by atoms with van der Waals surface area (Å²) in [6.07, 6.45) is 0. The first-order chi connectivity index (χ1) is 8.34. The Kier molecular flexibility index (Phi) is 5.29. The summed E-state index contributed by atoms with van der Waals surface area (Å²) in [5.74, 6) is 0.503. The van der Waals surface area contributed by atoms with E-state index in [0.29, 0.717) is 5.82 Å². The average Bonchev–Trinajstić information content (AvgIpc) is 2.13. The predicted molar refractivity (Wildman–Crippen MR) is 76.6 cm³/mol.